The van der Waals surface area contributed by atoms with Crippen molar-refractivity contribution >= 4 is 5.97 Å². The Balaban J connectivity index is 2.19. The van der Waals surface area contributed by atoms with Crippen LogP contribution in [0.4, 0.5) is 0 Å². The zero-order valence-electron chi connectivity index (χ0n) is 5.95. The summed E-state index contributed by atoms with van der Waals surface area (Å²) >= 11 is 0. The molecule has 0 saturated carbocycles. The van der Waals surface area contributed by atoms with Gasteiger partial charge < -0.3 is 24.8 Å². The van der Waals surface area contributed by atoms with Crippen LogP contribution in [0.5, 0.6) is 0 Å². The third-order valence-electron chi connectivity index (χ3n) is 2.05. The van der Waals surface area contributed by atoms with Crippen molar-refractivity contribution in [1.29, 1.82) is 0 Å². The molecule has 0 bridgehead atoms. The number of fused-ring (bicyclic) bond motifs is 1. The SMILES string of the molecule is O=C1O[C@H]2C(O)C(O)O[C@@H]2[C@@H]1O. The quantitative estimate of drug-likeness (QED) is 0.349. The highest BCUT2D eigenvalue weighted by Crippen LogP contribution is 2.30. The number of hydrogen-bond acceptors (Lipinski definition) is 6. The van der Waals surface area contributed by atoms with Gasteiger partial charge in [-0.1, -0.05) is 0 Å². The minimum absolute atomic E-state index is 0.823. The van der Waals surface area contributed by atoms with Crippen molar-refractivity contribution < 1.29 is 29.6 Å². The van der Waals surface area contributed by atoms with Gasteiger partial charge in [-0.2, -0.15) is 0 Å². The monoisotopic (exact) mass is 176 g/mol. The van der Waals surface area contributed by atoms with Crippen LogP contribution in [-0.4, -0.2) is 52.0 Å². The van der Waals surface area contributed by atoms with Crippen LogP contribution in [0.15, 0.2) is 0 Å². The van der Waals surface area contributed by atoms with Crippen molar-refractivity contribution in [3.05, 3.63) is 0 Å². The van der Waals surface area contributed by atoms with Crippen LogP contribution in [0.25, 0.3) is 0 Å². The number of carbonyl (C=O) groups is 1. The first-order valence-electron chi connectivity index (χ1n) is 3.51. The Bertz CT molecular complexity index is 216. The molecule has 2 unspecified atom stereocenters. The first-order valence-corrected chi connectivity index (χ1v) is 3.51. The van der Waals surface area contributed by atoms with Gasteiger partial charge in [0.15, 0.2) is 18.5 Å². The molecule has 2 fully saturated rings. The predicted molar refractivity (Wildman–Crippen MR) is 32.8 cm³/mol. The molecular formula is C6H8O6. The maximum Gasteiger partial charge on any atom is 0.338 e. The zero-order chi connectivity index (χ0) is 8.88. The number of esters is 1. The number of aliphatic hydroxyl groups is 3. The highest BCUT2D eigenvalue weighted by Gasteiger charge is 2.56. The van der Waals surface area contributed by atoms with Crippen LogP contribution in [-0.2, 0) is 14.3 Å². The van der Waals surface area contributed by atoms with E-state index >= 15 is 0 Å². The fourth-order valence-corrected chi connectivity index (χ4v) is 1.40. The zero-order valence-corrected chi connectivity index (χ0v) is 5.95. The number of rotatable bonds is 0. The molecular weight excluding hydrogens is 168 g/mol. The van der Waals surface area contributed by atoms with E-state index in [0.29, 0.717) is 0 Å². The topological polar surface area (TPSA) is 96.2 Å². The molecule has 2 rings (SSSR count). The summed E-state index contributed by atoms with van der Waals surface area (Å²) in [5, 5.41) is 27.2. The summed E-state index contributed by atoms with van der Waals surface area (Å²) in [6.07, 6.45) is -5.94. The molecule has 2 heterocycles. The van der Waals surface area contributed by atoms with Crippen LogP contribution in [0, 0.1) is 0 Å². The van der Waals surface area contributed by atoms with Crippen LogP contribution in [0.2, 0.25) is 0 Å². The standard InChI is InChI=1S/C6H8O6/c7-1-3-4(12-5(1)9)2(8)6(10)11-3/h1-5,7-9H/t1?,2-,3-,4+,5?/m0/s1. The van der Waals surface area contributed by atoms with Gasteiger partial charge >= 0.3 is 5.97 Å². The van der Waals surface area contributed by atoms with E-state index in [9.17, 15) is 4.79 Å². The number of carbonyl (C=O) groups excluding carboxylic acids is 1. The van der Waals surface area contributed by atoms with E-state index in [1.54, 1.807) is 0 Å². The first-order chi connectivity index (χ1) is 5.61. The van der Waals surface area contributed by atoms with Crippen molar-refractivity contribution in [2.45, 2.75) is 30.7 Å². The molecule has 0 spiro atoms. The normalized spacial score (nSPS) is 52.2. The third kappa shape index (κ3) is 0.862. The van der Waals surface area contributed by atoms with E-state index in [2.05, 4.69) is 9.47 Å². The molecule has 6 heteroatoms. The van der Waals surface area contributed by atoms with E-state index in [4.69, 9.17) is 15.3 Å². The second-order valence-corrected chi connectivity index (χ2v) is 2.83. The molecule has 0 radical (unpaired) electrons. The van der Waals surface area contributed by atoms with Crippen LogP contribution < -0.4 is 0 Å². The maximum atomic E-state index is 10.7. The molecule has 0 aromatic heterocycles. The average Bonchev–Trinajstić information content (AvgIpc) is 2.43. The molecule has 68 valence electrons. The second kappa shape index (κ2) is 2.40. The van der Waals surface area contributed by atoms with E-state index in [1.165, 1.54) is 0 Å². The Morgan fingerprint density at radius 3 is 2.42 bits per heavy atom. The Kier molecular flexibility index (Phi) is 1.58. The molecule has 0 amide bonds. The highest BCUT2D eigenvalue weighted by molar-refractivity contribution is 5.78. The van der Waals surface area contributed by atoms with E-state index in [0.717, 1.165) is 0 Å². The van der Waals surface area contributed by atoms with Crippen molar-refractivity contribution in [3.8, 4) is 0 Å². The summed E-state index contributed by atoms with van der Waals surface area (Å²) in [5.74, 6) is -0.823. The number of hydrogen-bond donors (Lipinski definition) is 3. The largest absolute Gasteiger partial charge is 0.454 e. The summed E-state index contributed by atoms with van der Waals surface area (Å²) in [4.78, 5) is 10.7. The number of ether oxygens (including phenoxy) is 2. The van der Waals surface area contributed by atoms with Crippen LogP contribution >= 0.6 is 0 Å². The van der Waals surface area contributed by atoms with Gasteiger partial charge in [0.2, 0.25) is 0 Å². The Hall–Kier alpha value is -0.690. The number of aliphatic hydroxyl groups excluding tert-OH is 3. The third-order valence-corrected chi connectivity index (χ3v) is 2.05. The summed E-state index contributed by atoms with van der Waals surface area (Å²) in [7, 11) is 0. The van der Waals surface area contributed by atoms with Gasteiger partial charge in [0.25, 0.3) is 0 Å². The molecule has 0 aromatic carbocycles. The minimum Gasteiger partial charge on any atom is -0.454 e. The molecule has 2 saturated heterocycles. The van der Waals surface area contributed by atoms with Gasteiger partial charge in [0, 0.05) is 0 Å². The first kappa shape index (κ1) is 7.93. The Labute approximate surface area is 67.3 Å². The molecule has 5 atom stereocenters. The summed E-state index contributed by atoms with van der Waals surface area (Å²) in [6.45, 7) is 0. The van der Waals surface area contributed by atoms with Gasteiger partial charge in [-0.25, -0.2) is 4.79 Å². The minimum atomic E-state index is -1.40. The lowest BCUT2D eigenvalue weighted by Crippen LogP contribution is -2.32. The van der Waals surface area contributed by atoms with Gasteiger partial charge in [-0.15, -0.1) is 0 Å². The fraction of sp³-hybridized carbons (Fsp3) is 0.833. The summed E-state index contributed by atoms with van der Waals surface area (Å²) in [6, 6.07) is 0. The van der Waals surface area contributed by atoms with E-state index in [-0.39, 0.29) is 0 Å². The van der Waals surface area contributed by atoms with Crippen molar-refractivity contribution in [2.75, 3.05) is 0 Å². The van der Waals surface area contributed by atoms with Crippen molar-refractivity contribution in [1.82, 2.24) is 0 Å². The van der Waals surface area contributed by atoms with Gasteiger partial charge in [0.05, 0.1) is 0 Å². The Morgan fingerprint density at radius 2 is 1.83 bits per heavy atom. The average molecular weight is 176 g/mol. The van der Waals surface area contributed by atoms with Gasteiger partial charge in [0.1, 0.15) is 12.2 Å². The molecule has 0 aliphatic carbocycles. The van der Waals surface area contributed by atoms with Gasteiger partial charge in [-0.3, -0.25) is 0 Å². The predicted octanol–water partition coefficient (Wildman–Crippen LogP) is -2.65. The molecule has 2 aliphatic rings. The molecule has 2 aliphatic heterocycles. The fourth-order valence-electron chi connectivity index (χ4n) is 1.40. The molecule has 6 nitrogen and oxygen atoms in total. The lowest BCUT2D eigenvalue weighted by molar-refractivity contribution is -0.168. The lowest BCUT2D eigenvalue weighted by Gasteiger charge is -2.10. The van der Waals surface area contributed by atoms with E-state index < -0.39 is 36.7 Å². The van der Waals surface area contributed by atoms with Gasteiger partial charge in [-0.05, 0) is 0 Å². The van der Waals surface area contributed by atoms with Crippen LogP contribution in [0.1, 0.15) is 0 Å². The van der Waals surface area contributed by atoms with E-state index in [1.807, 2.05) is 0 Å². The van der Waals surface area contributed by atoms with Crippen molar-refractivity contribution in [2.24, 2.45) is 0 Å². The molecule has 0 aromatic rings. The van der Waals surface area contributed by atoms with Crippen molar-refractivity contribution in [3.63, 3.8) is 0 Å². The maximum absolute atomic E-state index is 10.7. The highest BCUT2D eigenvalue weighted by atomic mass is 16.7. The lowest BCUT2D eigenvalue weighted by atomic mass is 10.1. The summed E-state index contributed by atoms with van der Waals surface area (Å²) < 4.78 is 9.25. The molecule has 3 N–H and O–H groups in total. The second-order valence-electron chi connectivity index (χ2n) is 2.83. The smallest absolute Gasteiger partial charge is 0.338 e. The van der Waals surface area contributed by atoms with Crippen LogP contribution in [0.3, 0.4) is 0 Å². The molecule has 12 heavy (non-hydrogen) atoms. The summed E-state index contributed by atoms with van der Waals surface area (Å²) in [5.41, 5.74) is 0. The Morgan fingerprint density at radius 1 is 1.17 bits per heavy atom.